The van der Waals surface area contributed by atoms with Crippen LogP contribution in [0.2, 0.25) is 0 Å². The number of amides is 1. The number of carbonyl (C=O) groups excluding carboxylic acids is 1. The average molecular weight is 287 g/mol. The van der Waals surface area contributed by atoms with Gasteiger partial charge in [-0.15, -0.1) is 0 Å². The number of aryl methyl sites for hydroxylation is 2. The maximum Gasteiger partial charge on any atom is 0.224 e. The van der Waals surface area contributed by atoms with E-state index in [4.69, 9.17) is 5.73 Å². The Bertz CT molecular complexity index is 663. The summed E-state index contributed by atoms with van der Waals surface area (Å²) < 4.78 is 0. The van der Waals surface area contributed by atoms with E-state index in [0.717, 1.165) is 35.6 Å². The number of nitrogens with one attached hydrogen (secondary N) is 2. The zero-order chi connectivity index (χ0) is 14.1. The van der Waals surface area contributed by atoms with Crippen molar-refractivity contribution in [3.63, 3.8) is 0 Å². The topological polar surface area (TPSA) is 67.1 Å². The molecule has 20 heavy (non-hydrogen) atoms. The molecule has 1 aliphatic heterocycles. The van der Waals surface area contributed by atoms with Crippen LogP contribution >= 0.6 is 11.3 Å². The van der Waals surface area contributed by atoms with E-state index in [9.17, 15) is 4.79 Å². The van der Waals surface area contributed by atoms with Crippen LogP contribution < -0.4 is 16.4 Å². The Morgan fingerprint density at radius 1 is 1.35 bits per heavy atom. The van der Waals surface area contributed by atoms with E-state index in [0.29, 0.717) is 6.42 Å². The van der Waals surface area contributed by atoms with Crippen molar-refractivity contribution < 1.29 is 4.79 Å². The summed E-state index contributed by atoms with van der Waals surface area (Å²) in [4.78, 5) is 11.4. The van der Waals surface area contributed by atoms with Crippen molar-refractivity contribution in [3.8, 4) is 0 Å². The van der Waals surface area contributed by atoms with Crippen LogP contribution in [-0.2, 0) is 17.8 Å². The van der Waals surface area contributed by atoms with Gasteiger partial charge in [-0.25, -0.2) is 0 Å². The molecule has 0 unspecified atom stereocenters. The fourth-order valence-corrected chi connectivity index (χ4v) is 3.22. The molecule has 0 bridgehead atoms. The molecule has 0 radical (unpaired) electrons. The van der Waals surface area contributed by atoms with E-state index >= 15 is 0 Å². The van der Waals surface area contributed by atoms with Gasteiger partial charge >= 0.3 is 0 Å². The lowest BCUT2D eigenvalue weighted by Crippen LogP contribution is -2.19. The summed E-state index contributed by atoms with van der Waals surface area (Å²) in [6.45, 7) is 2.84. The molecule has 1 aromatic carbocycles. The molecule has 0 fully saturated rings. The largest absolute Gasteiger partial charge is 0.397 e. The van der Waals surface area contributed by atoms with E-state index in [1.54, 1.807) is 11.3 Å². The standard InChI is InChI=1S/C15H17N3OS/c1-9-7-20-8-11(9)6-17-14-5-13-10(4-12(14)16)2-3-15(19)18-13/h4-5,7-8,17H,2-3,6,16H2,1H3,(H,18,19). The van der Waals surface area contributed by atoms with Gasteiger partial charge in [0.25, 0.3) is 0 Å². The zero-order valence-electron chi connectivity index (χ0n) is 11.3. The van der Waals surface area contributed by atoms with Crippen LogP contribution in [0.5, 0.6) is 0 Å². The molecule has 4 nitrogen and oxygen atoms in total. The molecule has 1 amide bonds. The van der Waals surface area contributed by atoms with Gasteiger partial charge < -0.3 is 16.4 Å². The number of anilines is 3. The van der Waals surface area contributed by atoms with Crippen LogP contribution in [0.1, 0.15) is 23.1 Å². The molecule has 0 aliphatic carbocycles. The lowest BCUT2D eigenvalue weighted by molar-refractivity contribution is -0.116. The van der Waals surface area contributed by atoms with Crippen molar-refractivity contribution in [2.45, 2.75) is 26.3 Å². The minimum Gasteiger partial charge on any atom is -0.397 e. The molecule has 104 valence electrons. The maximum absolute atomic E-state index is 11.4. The van der Waals surface area contributed by atoms with Crippen molar-refractivity contribution >= 4 is 34.3 Å². The third kappa shape index (κ3) is 2.49. The third-order valence-electron chi connectivity index (χ3n) is 3.60. The van der Waals surface area contributed by atoms with Crippen LogP contribution in [0.3, 0.4) is 0 Å². The van der Waals surface area contributed by atoms with E-state index < -0.39 is 0 Å². The monoisotopic (exact) mass is 287 g/mol. The number of fused-ring (bicyclic) bond motifs is 1. The molecule has 1 aliphatic rings. The number of thiophene rings is 1. The van der Waals surface area contributed by atoms with Gasteiger partial charge in [-0.05, 0) is 52.9 Å². The third-order valence-corrected chi connectivity index (χ3v) is 4.51. The van der Waals surface area contributed by atoms with Crippen molar-refractivity contribution in [2.24, 2.45) is 0 Å². The Kier molecular flexibility index (Phi) is 3.36. The Morgan fingerprint density at radius 2 is 2.20 bits per heavy atom. The zero-order valence-corrected chi connectivity index (χ0v) is 12.1. The van der Waals surface area contributed by atoms with E-state index in [1.165, 1.54) is 11.1 Å². The second kappa shape index (κ2) is 5.17. The van der Waals surface area contributed by atoms with Crippen molar-refractivity contribution in [1.29, 1.82) is 0 Å². The van der Waals surface area contributed by atoms with Crippen molar-refractivity contribution in [3.05, 3.63) is 39.6 Å². The van der Waals surface area contributed by atoms with Gasteiger partial charge in [0, 0.05) is 18.7 Å². The molecule has 3 rings (SSSR count). The molecule has 4 N–H and O–H groups in total. The van der Waals surface area contributed by atoms with E-state index in [1.807, 2.05) is 12.1 Å². The summed E-state index contributed by atoms with van der Waals surface area (Å²) >= 11 is 1.70. The highest BCUT2D eigenvalue weighted by atomic mass is 32.1. The number of rotatable bonds is 3. The summed E-state index contributed by atoms with van der Waals surface area (Å²) in [6.07, 6.45) is 1.29. The van der Waals surface area contributed by atoms with Gasteiger partial charge in [-0.3, -0.25) is 4.79 Å². The molecular weight excluding hydrogens is 270 g/mol. The van der Waals surface area contributed by atoms with Crippen molar-refractivity contribution in [1.82, 2.24) is 0 Å². The molecule has 5 heteroatoms. The Balaban J connectivity index is 1.81. The number of nitrogens with two attached hydrogens (primary N) is 1. The molecule has 0 spiro atoms. The number of hydrogen-bond acceptors (Lipinski definition) is 4. The predicted molar refractivity (Wildman–Crippen MR) is 84.2 cm³/mol. The number of hydrogen-bond donors (Lipinski definition) is 3. The summed E-state index contributed by atoms with van der Waals surface area (Å²) in [5.74, 6) is 0.0712. The van der Waals surface area contributed by atoms with E-state index in [-0.39, 0.29) is 5.91 Å². The van der Waals surface area contributed by atoms with Crippen LogP contribution in [0, 0.1) is 6.92 Å². The Hall–Kier alpha value is -2.01. The molecule has 2 aromatic rings. The van der Waals surface area contributed by atoms with Gasteiger partial charge in [-0.2, -0.15) is 11.3 Å². The quantitative estimate of drug-likeness (QED) is 0.760. The first-order valence-electron chi connectivity index (χ1n) is 6.61. The second-order valence-corrected chi connectivity index (χ2v) is 5.82. The van der Waals surface area contributed by atoms with Gasteiger partial charge in [0.1, 0.15) is 0 Å². The SMILES string of the molecule is Cc1cscc1CNc1cc2c(cc1N)CCC(=O)N2. The van der Waals surface area contributed by atoms with Gasteiger partial charge in [0.2, 0.25) is 5.91 Å². The second-order valence-electron chi connectivity index (χ2n) is 5.08. The molecule has 0 atom stereocenters. The molecule has 2 heterocycles. The summed E-state index contributed by atoms with van der Waals surface area (Å²) in [6, 6.07) is 3.89. The molecular formula is C15H17N3OS. The van der Waals surface area contributed by atoms with Crippen LogP contribution in [-0.4, -0.2) is 5.91 Å². The molecule has 0 saturated carbocycles. The minimum absolute atomic E-state index is 0.0712. The highest BCUT2D eigenvalue weighted by molar-refractivity contribution is 7.08. The van der Waals surface area contributed by atoms with Gasteiger partial charge in [0.05, 0.1) is 11.4 Å². The molecule has 1 aromatic heterocycles. The lowest BCUT2D eigenvalue weighted by Gasteiger charge is -2.19. The fraction of sp³-hybridized carbons (Fsp3) is 0.267. The summed E-state index contributed by atoms with van der Waals surface area (Å²) in [5, 5.41) is 10.5. The number of nitrogen functional groups attached to an aromatic ring is 1. The fourth-order valence-electron chi connectivity index (χ4n) is 2.36. The van der Waals surface area contributed by atoms with Crippen LogP contribution in [0.15, 0.2) is 22.9 Å². The summed E-state index contributed by atoms with van der Waals surface area (Å²) in [7, 11) is 0. The lowest BCUT2D eigenvalue weighted by atomic mass is 10.0. The number of benzene rings is 1. The first-order chi connectivity index (χ1) is 9.63. The Morgan fingerprint density at radius 3 is 2.95 bits per heavy atom. The maximum atomic E-state index is 11.4. The highest BCUT2D eigenvalue weighted by Gasteiger charge is 2.16. The van der Waals surface area contributed by atoms with Gasteiger partial charge in [-0.1, -0.05) is 0 Å². The average Bonchev–Trinajstić information content (AvgIpc) is 2.82. The summed E-state index contributed by atoms with van der Waals surface area (Å²) in [5.41, 5.74) is 12.2. The molecule has 0 saturated heterocycles. The minimum atomic E-state index is 0.0712. The predicted octanol–water partition coefficient (Wildman–Crippen LogP) is 3.14. The Labute approximate surface area is 122 Å². The van der Waals surface area contributed by atoms with Crippen molar-refractivity contribution in [2.75, 3.05) is 16.4 Å². The van der Waals surface area contributed by atoms with Gasteiger partial charge in [0.15, 0.2) is 0 Å². The van der Waals surface area contributed by atoms with E-state index in [2.05, 4.69) is 28.3 Å². The van der Waals surface area contributed by atoms with Crippen LogP contribution in [0.4, 0.5) is 17.1 Å². The first-order valence-corrected chi connectivity index (χ1v) is 7.55. The van der Waals surface area contributed by atoms with Crippen LogP contribution in [0.25, 0.3) is 0 Å². The first kappa shape index (κ1) is 13.0. The normalized spacial score (nSPS) is 13.8. The number of carbonyl (C=O) groups is 1. The smallest absolute Gasteiger partial charge is 0.224 e. The highest BCUT2D eigenvalue weighted by Crippen LogP contribution is 2.31.